The average molecular weight is 508 g/mol. The molecule has 200 valence electrons. The van der Waals surface area contributed by atoms with Crippen molar-refractivity contribution in [2.45, 2.75) is 52.6 Å². The number of hydrogen-bond acceptors (Lipinski definition) is 5. The van der Waals surface area contributed by atoms with Gasteiger partial charge in [0.2, 0.25) is 11.8 Å². The first-order valence-electron chi connectivity index (χ1n) is 12.5. The Morgan fingerprint density at radius 1 is 1.17 bits per heavy atom. The zero-order valence-electron chi connectivity index (χ0n) is 21.4. The summed E-state index contributed by atoms with van der Waals surface area (Å²) in [7, 11) is 0. The number of amides is 2. The monoisotopic (exact) mass is 507 g/mol. The molecule has 0 saturated heterocycles. The molecule has 3 atom stereocenters. The highest BCUT2D eigenvalue weighted by molar-refractivity contribution is 5.96. The van der Waals surface area contributed by atoms with Crippen LogP contribution >= 0.6 is 0 Å². The summed E-state index contributed by atoms with van der Waals surface area (Å²) in [6.07, 6.45) is 3.68. The SMILES string of the molecule is CCCN(CCC)C(=O)C1=CC(C)=CC(C(N)=O)([C@H](Cc2cc(F)cc(F)c2)[C@@H](O)CNCCO)C1. The third-order valence-electron chi connectivity index (χ3n) is 6.52. The van der Waals surface area contributed by atoms with Gasteiger partial charge >= 0.3 is 0 Å². The fourth-order valence-electron chi connectivity index (χ4n) is 5.03. The van der Waals surface area contributed by atoms with E-state index in [1.165, 1.54) is 0 Å². The highest BCUT2D eigenvalue weighted by Crippen LogP contribution is 2.44. The summed E-state index contributed by atoms with van der Waals surface area (Å²) in [6, 6.07) is 3.07. The molecule has 0 radical (unpaired) electrons. The molecule has 1 aliphatic carbocycles. The highest BCUT2D eigenvalue weighted by Gasteiger charge is 2.48. The molecule has 7 nitrogen and oxygen atoms in total. The molecule has 5 N–H and O–H groups in total. The largest absolute Gasteiger partial charge is 0.395 e. The number of rotatable bonds is 14. The second kappa shape index (κ2) is 13.6. The molecule has 0 aromatic heterocycles. The highest BCUT2D eigenvalue weighted by atomic mass is 19.1. The van der Waals surface area contributed by atoms with Crippen molar-refractivity contribution >= 4 is 11.8 Å². The van der Waals surface area contributed by atoms with Crippen LogP contribution in [0.1, 0.15) is 45.6 Å². The summed E-state index contributed by atoms with van der Waals surface area (Å²) in [5.74, 6) is -3.38. The molecule has 0 saturated carbocycles. The van der Waals surface area contributed by atoms with Gasteiger partial charge in [0.1, 0.15) is 11.6 Å². The molecule has 0 bridgehead atoms. The summed E-state index contributed by atoms with van der Waals surface area (Å²) in [6.45, 7) is 6.91. The Labute approximate surface area is 212 Å². The molecule has 0 fully saturated rings. The van der Waals surface area contributed by atoms with Crippen LogP contribution in [-0.2, 0) is 16.0 Å². The fourth-order valence-corrected chi connectivity index (χ4v) is 5.03. The molecule has 0 spiro atoms. The van der Waals surface area contributed by atoms with Gasteiger partial charge in [-0.15, -0.1) is 0 Å². The molecular formula is C27H39F2N3O4. The zero-order valence-corrected chi connectivity index (χ0v) is 21.4. The van der Waals surface area contributed by atoms with Gasteiger partial charge in [-0.05, 0) is 50.3 Å². The van der Waals surface area contributed by atoms with Crippen LogP contribution < -0.4 is 11.1 Å². The Morgan fingerprint density at radius 3 is 2.31 bits per heavy atom. The summed E-state index contributed by atoms with van der Waals surface area (Å²) in [5, 5.41) is 23.2. The van der Waals surface area contributed by atoms with E-state index in [2.05, 4.69) is 5.32 Å². The van der Waals surface area contributed by atoms with Crippen molar-refractivity contribution in [1.29, 1.82) is 0 Å². The van der Waals surface area contributed by atoms with Crippen LogP contribution in [0.3, 0.4) is 0 Å². The molecular weight excluding hydrogens is 468 g/mol. The van der Waals surface area contributed by atoms with Crippen molar-refractivity contribution in [3.05, 3.63) is 58.7 Å². The maximum Gasteiger partial charge on any atom is 0.249 e. The zero-order chi connectivity index (χ0) is 26.9. The van der Waals surface area contributed by atoms with Gasteiger partial charge < -0.3 is 26.2 Å². The Bertz CT molecular complexity index is 956. The van der Waals surface area contributed by atoms with E-state index in [9.17, 15) is 23.5 Å². The van der Waals surface area contributed by atoms with Gasteiger partial charge in [0, 0.05) is 43.7 Å². The number of nitrogens with zero attached hydrogens (tertiary/aromatic N) is 1. The van der Waals surface area contributed by atoms with Crippen LogP contribution in [0.2, 0.25) is 0 Å². The molecule has 2 amide bonds. The minimum Gasteiger partial charge on any atom is -0.395 e. The number of primary amides is 1. The molecule has 9 heteroatoms. The van der Waals surface area contributed by atoms with Crippen LogP contribution in [0, 0.1) is 23.0 Å². The van der Waals surface area contributed by atoms with E-state index < -0.39 is 35.0 Å². The number of aliphatic hydroxyl groups excluding tert-OH is 2. The van der Waals surface area contributed by atoms with E-state index in [1.54, 1.807) is 24.0 Å². The number of halogens is 2. The summed E-state index contributed by atoms with van der Waals surface area (Å²) >= 11 is 0. The number of nitrogens with two attached hydrogens (primary N) is 1. The van der Waals surface area contributed by atoms with E-state index in [0.29, 0.717) is 24.2 Å². The normalized spacial score (nSPS) is 19.3. The Morgan fingerprint density at radius 2 is 1.78 bits per heavy atom. The van der Waals surface area contributed by atoms with E-state index in [1.807, 2.05) is 13.8 Å². The van der Waals surface area contributed by atoms with Gasteiger partial charge in [-0.3, -0.25) is 9.59 Å². The van der Waals surface area contributed by atoms with Crippen LogP contribution in [0.4, 0.5) is 8.78 Å². The van der Waals surface area contributed by atoms with Gasteiger partial charge in [-0.25, -0.2) is 8.78 Å². The van der Waals surface area contributed by atoms with Gasteiger partial charge in [0.05, 0.1) is 18.1 Å². The van der Waals surface area contributed by atoms with E-state index >= 15 is 0 Å². The van der Waals surface area contributed by atoms with Gasteiger partial charge in [-0.2, -0.15) is 0 Å². The van der Waals surface area contributed by atoms with E-state index in [0.717, 1.165) is 31.0 Å². The van der Waals surface area contributed by atoms with Crippen LogP contribution in [-0.4, -0.2) is 65.8 Å². The lowest BCUT2D eigenvalue weighted by Gasteiger charge is -2.42. The maximum atomic E-state index is 14.0. The van der Waals surface area contributed by atoms with E-state index in [4.69, 9.17) is 10.8 Å². The average Bonchev–Trinajstić information content (AvgIpc) is 2.80. The number of allylic oxidation sites excluding steroid dienone is 2. The molecule has 1 aliphatic rings. The number of benzene rings is 1. The quantitative estimate of drug-likeness (QED) is 0.289. The Balaban J connectivity index is 2.54. The predicted molar refractivity (Wildman–Crippen MR) is 135 cm³/mol. The minimum atomic E-state index is -1.48. The van der Waals surface area contributed by atoms with Crippen molar-refractivity contribution < 1.29 is 28.6 Å². The molecule has 1 aromatic rings. The number of nitrogens with one attached hydrogen (secondary N) is 1. The van der Waals surface area contributed by atoms with Gasteiger partial charge in [0.25, 0.3) is 0 Å². The predicted octanol–water partition coefficient (Wildman–Crippen LogP) is 2.46. The number of carbonyl (C=O) groups is 2. The third kappa shape index (κ3) is 7.44. The molecule has 36 heavy (non-hydrogen) atoms. The van der Waals surface area contributed by atoms with Crippen molar-refractivity contribution in [2.24, 2.45) is 17.1 Å². The first-order chi connectivity index (χ1) is 17.1. The smallest absolute Gasteiger partial charge is 0.249 e. The first kappa shape index (κ1) is 29.6. The maximum absolute atomic E-state index is 14.0. The fraction of sp³-hybridized carbons (Fsp3) is 0.556. The second-order valence-corrected chi connectivity index (χ2v) is 9.51. The molecule has 2 rings (SSSR count). The molecule has 1 unspecified atom stereocenters. The van der Waals surface area contributed by atoms with Crippen LogP contribution in [0.15, 0.2) is 41.5 Å². The Kier molecular flexibility index (Phi) is 11.2. The molecule has 0 aliphatic heterocycles. The lowest BCUT2D eigenvalue weighted by atomic mass is 9.63. The summed E-state index contributed by atoms with van der Waals surface area (Å²) in [4.78, 5) is 28.3. The number of aliphatic hydroxyl groups is 2. The van der Waals surface area contributed by atoms with Crippen LogP contribution in [0.5, 0.6) is 0 Å². The summed E-state index contributed by atoms with van der Waals surface area (Å²) in [5.41, 5.74) is 5.80. The number of hydrogen-bond donors (Lipinski definition) is 4. The second-order valence-electron chi connectivity index (χ2n) is 9.51. The Hall–Kier alpha value is -2.62. The van der Waals surface area contributed by atoms with E-state index in [-0.39, 0.29) is 44.0 Å². The van der Waals surface area contributed by atoms with Crippen molar-refractivity contribution in [2.75, 3.05) is 32.8 Å². The standard InChI is InChI=1S/C27H39F2N3O4/c1-4-7-32(8-5-2)25(35)20-10-18(3)15-27(16-20,26(30)36)23(24(34)17-31-6-9-33)13-19-11-21(28)14-22(29)12-19/h10-12,14-15,23-24,31,33-34H,4-9,13,16-17H2,1-3H3,(H2,30,36)/t23-,24+,27?/m1/s1. The van der Waals surface area contributed by atoms with Gasteiger partial charge in [0.15, 0.2) is 0 Å². The minimum absolute atomic E-state index is 0.00965. The topological polar surface area (TPSA) is 116 Å². The third-order valence-corrected chi connectivity index (χ3v) is 6.52. The van der Waals surface area contributed by atoms with Crippen LogP contribution in [0.25, 0.3) is 0 Å². The number of carbonyl (C=O) groups excluding carboxylic acids is 2. The summed E-state index contributed by atoms with van der Waals surface area (Å²) < 4.78 is 28.0. The van der Waals surface area contributed by atoms with Gasteiger partial charge in [-0.1, -0.05) is 31.6 Å². The lowest BCUT2D eigenvalue weighted by molar-refractivity contribution is -0.132. The molecule has 0 heterocycles. The molecule has 1 aromatic carbocycles. The van der Waals surface area contributed by atoms with Crippen molar-refractivity contribution in [1.82, 2.24) is 10.2 Å². The van der Waals surface area contributed by atoms with Crippen molar-refractivity contribution in [3.63, 3.8) is 0 Å². The lowest BCUT2D eigenvalue weighted by Crippen LogP contribution is -2.52. The van der Waals surface area contributed by atoms with Crippen molar-refractivity contribution in [3.8, 4) is 0 Å². The first-order valence-corrected chi connectivity index (χ1v) is 12.5.